The molecule has 0 radical (unpaired) electrons. The molecule has 0 spiro atoms. The third kappa shape index (κ3) is 4.12. The molecule has 134 valence electrons. The highest BCUT2D eigenvalue weighted by Crippen LogP contribution is 2.30. The maximum absolute atomic E-state index is 12.3. The molecule has 3 heteroatoms. The molecule has 0 amide bonds. The number of carbonyl (C=O) groups is 1. The fourth-order valence-corrected chi connectivity index (χ4v) is 3.90. The van der Waals surface area contributed by atoms with Gasteiger partial charge in [0.2, 0.25) is 0 Å². The van der Waals surface area contributed by atoms with Gasteiger partial charge in [-0.1, -0.05) is 60.7 Å². The molecular weight excluding hydrogens is 322 g/mol. The van der Waals surface area contributed by atoms with Gasteiger partial charge in [-0.2, -0.15) is 0 Å². The third-order valence-electron chi connectivity index (χ3n) is 5.53. The van der Waals surface area contributed by atoms with Crippen molar-refractivity contribution in [3.63, 3.8) is 0 Å². The lowest BCUT2D eigenvalue weighted by molar-refractivity contribution is -0.0765. The SMILES string of the molecule is O=C(C=Cc1ccccc1)c1ccc(COC2CN3CCC2CC3)cc1. The van der Waals surface area contributed by atoms with Gasteiger partial charge in [0.1, 0.15) is 0 Å². The van der Waals surface area contributed by atoms with Gasteiger partial charge in [0.15, 0.2) is 5.78 Å². The van der Waals surface area contributed by atoms with Gasteiger partial charge in [0.05, 0.1) is 12.7 Å². The minimum atomic E-state index is 0.0266. The van der Waals surface area contributed by atoms with Crippen LogP contribution in [0.1, 0.15) is 34.3 Å². The smallest absolute Gasteiger partial charge is 0.185 e. The van der Waals surface area contributed by atoms with Crippen molar-refractivity contribution in [2.45, 2.75) is 25.6 Å². The van der Waals surface area contributed by atoms with Crippen molar-refractivity contribution >= 4 is 11.9 Å². The summed E-state index contributed by atoms with van der Waals surface area (Å²) in [6.45, 7) is 4.17. The number of rotatable bonds is 6. The van der Waals surface area contributed by atoms with Crippen LogP contribution in [-0.4, -0.2) is 36.4 Å². The monoisotopic (exact) mass is 347 g/mol. The summed E-state index contributed by atoms with van der Waals surface area (Å²) in [4.78, 5) is 14.8. The minimum absolute atomic E-state index is 0.0266. The molecule has 0 aliphatic carbocycles. The molecule has 5 rings (SSSR count). The van der Waals surface area contributed by atoms with E-state index in [-0.39, 0.29) is 5.78 Å². The predicted molar refractivity (Wildman–Crippen MR) is 104 cm³/mol. The van der Waals surface area contributed by atoms with Crippen LogP contribution in [-0.2, 0) is 11.3 Å². The number of carbonyl (C=O) groups excluding carboxylic acids is 1. The van der Waals surface area contributed by atoms with Crippen molar-refractivity contribution in [2.24, 2.45) is 5.92 Å². The molecule has 1 unspecified atom stereocenters. The zero-order valence-corrected chi connectivity index (χ0v) is 15.0. The Hall–Kier alpha value is -2.23. The molecule has 26 heavy (non-hydrogen) atoms. The average Bonchev–Trinajstić information content (AvgIpc) is 2.72. The molecule has 3 heterocycles. The van der Waals surface area contributed by atoms with Crippen LogP contribution in [0.3, 0.4) is 0 Å². The standard InChI is InChI=1S/C23H25NO2/c25-22(11-8-18-4-2-1-3-5-18)20-9-6-19(7-10-20)17-26-23-16-24-14-12-21(23)13-15-24/h1-11,21,23H,12-17H2. The van der Waals surface area contributed by atoms with Gasteiger partial charge in [0.25, 0.3) is 0 Å². The van der Waals surface area contributed by atoms with Crippen molar-refractivity contribution in [2.75, 3.05) is 19.6 Å². The Morgan fingerprint density at radius 1 is 1.04 bits per heavy atom. The second-order valence-electron chi connectivity index (χ2n) is 7.29. The first-order chi connectivity index (χ1) is 12.8. The van der Waals surface area contributed by atoms with Crippen molar-refractivity contribution in [3.05, 3.63) is 77.4 Å². The van der Waals surface area contributed by atoms with Crippen LogP contribution in [0.25, 0.3) is 6.08 Å². The number of ether oxygens (including phenoxy) is 1. The Balaban J connectivity index is 1.32. The van der Waals surface area contributed by atoms with Gasteiger partial charge < -0.3 is 9.64 Å². The van der Waals surface area contributed by atoms with Gasteiger partial charge in [-0.15, -0.1) is 0 Å². The number of fused-ring (bicyclic) bond motifs is 3. The Morgan fingerprint density at radius 2 is 1.77 bits per heavy atom. The normalized spacial score (nSPS) is 24.8. The summed E-state index contributed by atoms with van der Waals surface area (Å²) < 4.78 is 6.17. The Labute approximate surface area is 155 Å². The first-order valence-electron chi connectivity index (χ1n) is 9.48. The van der Waals surface area contributed by atoms with E-state index in [1.54, 1.807) is 6.08 Å². The lowest BCUT2D eigenvalue weighted by Crippen LogP contribution is -2.51. The molecule has 3 fully saturated rings. The van der Waals surface area contributed by atoms with E-state index in [4.69, 9.17) is 4.74 Å². The van der Waals surface area contributed by atoms with E-state index >= 15 is 0 Å². The number of nitrogens with zero attached hydrogens (tertiary/aromatic N) is 1. The Kier molecular flexibility index (Phi) is 5.28. The average molecular weight is 347 g/mol. The quantitative estimate of drug-likeness (QED) is 0.579. The molecule has 0 saturated carbocycles. The number of hydrogen-bond donors (Lipinski definition) is 0. The summed E-state index contributed by atoms with van der Waals surface area (Å²) in [6.07, 6.45) is 6.39. The van der Waals surface area contributed by atoms with Crippen LogP contribution in [0, 0.1) is 5.92 Å². The zero-order chi connectivity index (χ0) is 17.8. The van der Waals surface area contributed by atoms with Crippen LogP contribution in [0.2, 0.25) is 0 Å². The van der Waals surface area contributed by atoms with Crippen LogP contribution in [0.15, 0.2) is 60.7 Å². The lowest BCUT2D eigenvalue weighted by atomic mass is 9.86. The highest BCUT2D eigenvalue weighted by atomic mass is 16.5. The second-order valence-corrected chi connectivity index (χ2v) is 7.29. The number of allylic oxidation sites excluding steroid dienone is 1. The fourth-order valence-electron chi connectivity index (χ4n) is 3.90. The summed E-state index contributed by atoms with van der Waals surface area (Å²) in [6, 6.07) is 17.7. The molecule has 3 nitrogen and oxygen atoms in total. The molecule has 3 aliphatic rings. The van der Waals surface area contributed by atoms with E-state index in [0.29, 0.717) is 18.3 Å². The molecule has 2 aromatic rings. The zero-order valence-electron chi connectivity index (χ0n) is 15.0. The first kappa shape index (κ1) is 17.2. The lowest BCUT2D eigenvalue weighted by Gasteiger charge is -2.44. The summed E-state index contributed by atoms with van der Waals surface area (Å²) in [5, 5.41) is 0. The van der Waals surface area contributed by atoms with E-state index in [2.05, 4.69) is 4.90 Å². The molecule has 2 aromatic carbocycles. The molecule has 0 N–H and O–H groups in total. The third-order valence-corrected chi connectivity index (χ3v) is 5.53. The van der Waals surface area contributed by atoms with Crippen LogP contribution < -0.4 is 0 Å². The van der Waals surface area contributed by atoms with Gasteiger partial charge >= 0.3 is 0 Å². The second kappa shape index (κ2) is 7.98. The van der Waals surface area contributed by atoms with Crippen LogP contribution >= 0.6 is 0 Å². The van der Waals surface area contributed by atoms with Crippen LogP contribution in [0.5, 0.6) is 0 Å². The summed E-state index contributed by atoms with van der Waals surface area (Å²) in [5.74, 6) is 0.752. The van der Waals surface area contributed by atoms with E-state index in [9.17, 15) is 4.79 Å². The minimum Gasteiger partial charge on any atom is -0.372 e. The van der Waals surface area contributed by atoms with Gasteiger partial charge in [-0.3, -0.25) is 4.79 Å². The van der Waals surface area contributed by atoms with Gasteiger partial charge in [-0.25, -0.2) is 0 Å². The number of benzene rings is 2. The number of hydrogen-bond acceptors (Lipinski definition) is 3. The Bertz CT molecular complexity index is 759. The fraction of sp³-hybridized carbons (Fsp3) is 0.348. The molecule has 0 aromatic heterocycles. The summed E-state index contributed by atoms with van der Waals surface area (Å²) in [7, 11) is 0. The molecule has 3 aliphatic heterocycles. The number of ketones is 1. The van der Waals surface area contributed by atoms with Gasteiger partial charge in [-0.05, 0) is 49.1 Å². The van der Waals surface area contributed by atoms with Crippen LogP contribution in [0.4, 0.5) is 0 Å². The molecular formula is C23H25NO2. The van der Waals surface area contributed by atoms with E-state index in [1.165, 1.54) is 25.9 Å². The first-order valence-corrected chi connectivity index (χ1v) is 9.48. The highest BCUT2D eigenvalue weighted by Gasteiger charge is 2.34. The van der Waals surface area contributed by atoms with E-state index in [1.807, 2.05) is 60.7 Å². The van der Waals surface area contributed by atoms with Crippen molar-refractivity contribution < 1.29 is 9.53 Å². The van der Waals surface area contributed by atoms with Crippen molar-refractivity contribution in [1.82, 2.24) is 4.90 Å². The maximum Gasteiger partial charge on any atom is 0.185 e. The topological polar surface area (TPSA) is 29.5 Å². The summed E-state index contributed by atoms with van der Waals surface area (Å²) >= 11 is 0. The Morgan fingerprint density at radius 3 is 2.42 bits per heavy atom. The van der Waals surface area contributed by atoms with E-state index in [0.717, 1.165) is 23.6 Å². The van der Waals surface area contributed by atoms with E-state index < -0.39 is 0 Å². The number of piperidine rings is 3. The largest absolute Gasteiger partial charge is 0.372 e. The van der Waals surface area contributed by atoms with Crippen molar-refractivity contribution in [3.8, 4) is 0 Å². The molecule has 3 saturated heterocycles. The highest BCUT2D eigenvalue weighted by molar-refractivity contribution is 6.06. The van der Waals surface area contributed by atoms with Crippen molar-refractivity contribution in [1.29, 1.82) is 0 Å². The maximum atomic E-state index is 12.3. The van der Waals surface area contributed by atoms with Gasteiger partial charge in [0, 0.05) is 12.1 Å². The molecule has 2 bridgehead atoms. The summed E-state index contributed by atoms with van der Waals surface area (Å²) in [5.41, 5.74) is 2.87. The predicted octanol–water partition coefficient (Wildman–Crippen LogP) is 4.19. The molecule has 1 atom stereocenters.